The number of hydrazine groups is 1. The van der Waals surface area contributed by atoms with Crippen molar-refractivity contribution in [1.82, 2.24) is 9.97 Å². The van der Waals surface area contributed by atoms with Crippen molar-refractivity contribution < 1.29 is 4.39 Å². The van der Waals surface area contributed by atoms with Gasteiger partial charge in [-0.05, 0) is 30.5 Å². The second-order valence-corrected chi connectivity index (χ2v) is 5.35. The molecule has 106 valence electrons. The van der Waals surface area contributed by atoms with Gasteiger partial charge in [-0.3, -0.25) is 0 Å². The maximum Gasteiger partial charge on any atom is 0.161 e. The predicted octanol–water partition coefficient (Wildman–Crippen LogP) is 3.42. The molecule has 0 spiro atoms. The quantitative estimate of drug-likeness (QED) is 0.670. The Kier molecular flexibility index (Phi) is 4.52. The van der Waals surface area contributed by atoms with Gasteiger partial charge < -0.3 is 5.43 Å². The second kappa shape index (κ2) is 6.15. The van der Waals surface area contributed by atoms with Crippen LogP contribution < -0.4 is 11.3 Å². The Bertz CT molecular complexity index is 616. The third kappa shape index (κ3) is 3.43. The maximum atomic E-state index is 13.5. The number of nitrogen functional groups attached to an aromatic ring is 1. The molecule has 0 aliphatic rings. The van der Waals surface area contributed by atoms with Crippen molar-refractivity contribution >= 4 is 17.4 Å². The van der Waals surface area contributed by atoms with Gasteiger partial charge in [0.05, 0.1) is 5.02 Å². The summed E-state index contributed by atoms with van der Waals surface area (Å²) < 4.78 is 13.5. The average molecular weight is 295 g/mol. The second-order valence-electron chi connectivity index (χ2n) is 4.94. The number of hydrogen-bond donors (Lipinski definition) is 2. The number of anilines is 1. The molecule has 0 aliphatic heterocycles. The van der Waals surface area contributed by atoms with Crippen molar-refractivity contribution in [3.8, 4) is 11.4 Å². The summed E-state index contributed by atoms with van der Waals surface area (Å²) in [7, 11) is 0. The Balaban J connectivity index is 2.46. The van der Waals surface area contributed by atoms with Gasteiger partial charge in [-0.1, -0.05) is 25.4 Å². The van der Waals surface area contributed by atoms with Crippen molar-refractivity contribution in [2.45, 2.75) is 20.3 Å². The van der Waals surface area contributed by atoms with Gasteiger partial charge in [0, 0.05) is 17.3 Å². The molecule has 4 nitrogen and oxygen atoms in total. The number of nitrogens with zero attached hydrogens (tertiary/aromatic N) is 2. The van der Waals surface area contributed by atoms with Crippen molar-refractivity contribution in [2.24, 2.45) is 11.8 Å². The van der Waals surface area contributed by atoms with Crippen molar-refractivity contribution in [1.29, 1.82) is 0 Å². The molecule has 1 aromatic carbocycles. The standard InChI is InChI=1S/C14H16ClFN4/c1-8(2)5-10-7-13(20-17)19-14(18-10)9-3-4-11(15)12(16)6-9/h3-4,6-8H,5,17H2,1-2H3,(H,18,19,20). The summed E-state index contributed by atoms with van der Waals surface area (Å²) in [6, 6.07) is 6.27. The van der Waals surface area contributed by atoms with E-state index in [1.165, 1.54) is 12.1 Å². The lowest BCUT2D eigenvalue weighted by Crippen LogP contribution is -2.11. The molecule has 3 N–H and O–H groups in total. The van der Waals surface area contributed by atoms with Gasteiger partial charge in [0.2, 0.25) is 0 Å². The zero-order valence-electron chi connectivity index (χ0n) is 11.3. The van der Waals surface area contributed by atoms with Crippen molar-refractivity contribution in [3.05, 3.63) is 40.8 Å². The van der Waals surface area contributed by atoms with E-state index in [1.54, 1.807) is 12.1 Å². The van der Waals surface area contributed by atoms with Gasteiger partial charge in [0.15, 0.2) is 5.82 Å². The van der Waals surface area contributed by atoms with E-state index in [0.717, 1.165) is 12.1 Å². The molecular weight excluding hydrogens is 279 g/mol. The lowest BCUT2D eigenvalue weighted by atomic mass is 10.1. The largest absolute Gasteiger partial charge is 0.308 e. The summed E-state index contributed by atoms with van der Waals surface area (Å²) in [6.45, 7) is 4.19. The fourth-order valence-corrected chi connectivity index (χ4v) is 1.98. The fourth-order valence-electron chi connectivity index (χ4n) is 1.86. The van der Waals surface area contributed by atoms with Gasteiger partial charge in [0.25, 0.3) is 0 Å². The fraction of sp³-hybridized carbons (Fsp3) is 0.286. The third-order valence-electron chi connectivity index (χ3n) is 2.72. The first-order valence-corrected chi connectivity index (χ1v) is 6.67. The Morgan fingerprint density at radius 2 is 2.05 bits per heavy atom. The molecule has 0 fully saturated rings. The van der Waals surface area contributed by atoms with E-state index >= 15 is 0 Å². The normalized spacial score (nSPS) is 10.9. The molecular formula is C14H16ClFN4. The Hall–Kier alpha value is -1.72. The third-order valence-corrected chi connectivity index (χ3v) is 3.03. The predicted molar refractivity (Wildman–Crippen MR) is 78.8 cm³/mol. The molecule has 20 heavy (non-hydrogen) atoms. The smallest absolute Gasteiger partial charge is 0.161 e. The SMILES string of the molecule is CC(C)Cc1cc(NN)nc(-c2ccc(Cl)c(F)c2)n1. The minimum absolute atomic E-state index is 0.0734. The lowest BCUT2D eigenvalue weighted by Gasteiger charge is -2.09. The zero-order chi connectivity index (χ0) is 14.7. The van der Waals surface area contributed by atoms with Crippen LogP contribution in [0.15, 0.2) is 24.3 Å². The molecule has 0 atom stereocenters. The van der Waals surface area contributed by atoms with Gasteiger partial charge in [-0.15, -0.1) is 0 Å². The molecule has 6 heteroatoms. The van der Waals surface area contributed by atoms with E-state index in [1.807, 2.05) is 0 Å². The topological polar surface area (TPSA) is 63.8 Å². The summed E-state index contributed by atoms with van der Waals surface area (Å²) >= 11 is 5.68. The molecule has 1 heterocycles. The van der Waals surface area contributed by atoms with Crippen LogP contribution in [0, 0.1) is 11.7 Å². The van der Waals surface area contributed by atoms with Crippen LogP contribution in [0.1, 0.15) is 19.5 Å². The minimum Gasteiger partial charge on any atom is -0.308 e. The van der Waals surface area contributed by atoms with Crippen molar-refractivity contribution in [2.75, 3.05) is 5.43 Å². The number of aromatic nitrogens is 2. The molecule has 0 amide bonds. The summed E-state index contributed by atoms with van der Waals surface area (Å²) in [5.74, 6) is 6.29. The minimum atomic E-state index is -0.496. The van der Waals surface area contributed by atoms with Crippen LogP contribution in [-0.2, 0) is 6.42 Å². The van der Waals surface area contributed by atoms with Crippen molar-refractivity contribution in [3.63, 3.8) is 0 Å². The van der Waals surface area contributed by atoms with E-state index in [-0.39, 0.29) is 5.02 Å². The van der Waals surface area contributed by atoms with Crippen LogP contribution in [0.4, 0.5) is 10.2 Å². The summed E-state index contributed by atoms with van der Waals surface area (Å²) in [5, 5.41) is 0.0734. The Morgan fingerprint density at radius 1 is 1.30 bits per heavy atom. The first-order chi connectivity index (χ1) is 9.49. The number of rotatable bonds is 4. The molecule has 0 unspecified atom stereocenters. The van der Waals surface area contributed by atoms with Crippen LogP contribution in [0.3, 0.4) is 0 Å². The molecule has 2 rings (SSSR count). The molecule has 0 saturated carbocycles. The molecule has 0 bridgehead atoms. The highest BCUT2D eigenvalue weighted by Gasteiger charge is 2.10. The monoisotopic (exact) mass is 294 g/mol. The first kappa shape index (κ1) is 14.7. The highest BCUT2D eigenvalue weighted by molar-refractivity contribution is 6.30. The molecule has 0 saturated heterocycles. The number of halogens is 2. The van der Waals surface area contributed by atoms with E-state index in [9.17, 15) is 4.39 Å². The molecule has 2 aromatic rings. The van der Waals surface area contributed by atoms with E-state index in [2.05, 4.69) is 29.2 Å². The van der Waals surface area contributed by atoms with Crippen LogP contribution in [0.2, 0.25) is 5.02 Å². The van der Waals surface area contributed by atoms with Gasteiger partial charge in [0.1, 0.15) is 11.6 Å². The van der Waals surface area contributed by atoms with Crippen LogP contribution in [0.25, 0.3) is 11.4 Å². The summed E-state index contributed by atoms with van der Waals surface area (Å²) in [4.78, 5) is 8.69. The average Bonchev–Trinajstić information content (AvgIpc) is 2.40. The Labute approximate surface area is 122 Å². The molecule has 1 aromatic heterocycles. The number of hydrogen-bond acceptors (Lipinski definition) is 4. The summed E-state index contributed by atoms with van der Waals surface area (Å²) in [6.07, 6.45) is 0.792. The van der Waals surface area contributed by atoms with E-state index in [0.29, 0.717) is 23.1 Å². The number of nitrogens with two attached hydrogens (primary N) is 1. The van der Waals surface area contributed by atoms with E-state index < -0.39 is 5.82 Å². The molecule has 0 radical (unpaired) electrons. The summed E-state index contributed by atoms with van der Waals surface area (Å²) in [5.41, 5.74) is 3.92. The van der Waals surface area contributed by atoms with Gasteiger partial charge >= 0.3 is 0 Å². The number of nitrogens with one attached hydrogen (secondary N) is 1. The first-order valence-electron chi connectivity index (χ1n) is 6.29. The lowest BCUT2D eigenvalue weighted by molar-refractivity contribution is 0.627. The van der Waals surface area contributed by atoms with Gasteiger partial charge in [-0.25, -0.2) is 20.2 Å². The van der Waals surface area contributed by atoms with E-state index in [4.69, 9.17) is 17.4 Å². The van der Waals surface area contributed by atoms with Crippen LogP contribution in [0.5, 0.6) is 0 Å². The highest BCUT2D eigenvalue weighted by atomic mass is 35.5. The molecule has 0 aliphatic carbocycles. The number of benzene rings is 1. The van der Waals surface area contributed by atoms with Gasteiger partial charge in [-0.2, -0.15) is 0 Å². The Morgan fingerprint density at radius 3 is 2.65 bits per heavy atom. The maximum absolute atomic E-state index is 13.5. The van der Waals surface area contributed by atoms with Crippen LogP contribution in [-0.4, -0.2) is 9.97 Å². The van der Waals surface area contributed by atoms with Crippen LogP contribution >= 0.6 is 11.6 Å². The highest BCUT2D eigenvalue weighted by Crippen LogP contribution is 2.23. The zero-order valence-corrected chi connectivity index (χ0v) is 12.1.